The van der Waals surface area contributed by atoms with Crippen LogP contribution in [0.1, 0.15) is 43.2 Å². The summed E-state index contributed by atoms with van der Waals surface area (Å²) in [6, 6.07) is 3.70. The van der Waals surface area contributed by atoms with Gasteiger partial charge in [-0.05, 0) is 25.0 Å². The summed E-state index contributed by atoms with van der Waals surface area (Å²) >= 11 is 0. The second-order valence-electron chi connectivity index (χ2n) is 4.46. The smallest absolute Gasteiger partial charge is 0.271 e. The summed E-state index contributed by atoms with van der Waals surface area (Å²) in [5.41, 5.74) is 1.65. The molecule has 0 fully saturated rings. The molecule has 4 nitrogen and oxygen atoms in total. The standard InChI is InChI=1S/C10H14N2O.C6H10O/c1-4-8-5-6-9(11-7-8)10(13)12(2)3;1-3-4-5-6(2)7/h5-7H,4H2,1-3H3;6-7H,3H2,1-2H3. The van der Waals surface area contributed by atoms with Gasteiger partial charge in [0.15, 0.2) is 0 Å². The maximum Gasteiger partial charge on any atom is 0.271 e. The zero-order valence-electron chi connectivity index (χ0n) is 13.0. The molecule has 20 heavy (non-hydrogen) atoms. The van der Waals surface area contributed by atoms with Crippen LogP contribution in [0.4, 0.5) is 0 Å². The summed E-state index contributed by atoms with van der Waals surface area (Å²) in [6.45, 7) is 5.67. The number of carbonyl (C=O) groups excluding carboxylic acids is 1. The number of aromatic nitrogens is 1. The Balaban J connectivity index is 0.000000441. The molecule has 0 aliphatic heterocycles. The number of rotatable bonds is 2. The quantitative estimate of drug-likeness (QED) is 0.842. The molecule has 0 aliphatic rings. The third-order valence-corrected chi connectivity index (χ3v) is 2.35. The summed E-state index contributed by atoms with van der Waals surface area (Å²) in [6.07, 6.45) is 3.06. The molecule has 0 aromatic carbocycles. The Labute approximate surface area is 121 Å². The Morgan fingerprint density at radius 1 is 1.40 bits per heavy atom. The van der Waals surface area contributed by atoms with Crippen LogP contribution in [-0.4, -0.2) is 41.1 Å². The Hall–Kier alpha value is -1.86. The largest absolute Gasteiger partial charge is 0.381 e. The second-order valence-corrected chi connectivity index (χ2v) is 4.46. The molecule has 1 amide bonds. The molecule has 1 rings (SSSR count). The van der Waals surface area contributed by atoms with Crippen LogP contribution < -0.4 is 0 Å². The number of hydrogen-bond donors (Lipinski definition) is 1. The zero-order valence-corrected chi connectivity index (χ0v) is 13.0. The van der Waals surface area contributed by atoms with Crippen LogP contribution in [0.15, 0.2) is 18.3 Å². The number of carbonyl (C=O) groups is 1. The maximum atomic E-state index is 11.4. The number of aryl methyl sites for hydroxylation is 1. The predicted molar refractivity (Wildman–Crippen MR) is 81.4 cm³/mol. The van der Waals surface area contributed by atoms with E-state index < -0.39 is 6.10 Å². The normalized spacial score (nSPS) is 10.5. The number of aliphatic hydroxyl groups is 1. The van der Waals surface area contributed by atoms with E-state index in [2.05, 4.69) is 23.7 Å². The van der Waals surface area contributed by atoms with E-state index >= 15 is 0 Å². The van der Waals surface area contributed by atoms with Crippen LogP contribution in [0.25, 0.3) is 0 Å². The molecule has 0 bridgehead atoms. The molecule has 0 saturated carbocycles. The van der Waals surface area contributed by atoms with Crippen LogP contribution in [0.3, 0.4) is 0 Å². The highest BCUT2D eigenvalue weighted by Crippen LogP contribution is 2.02. The van der Waals surface area contributed by atoms with Gasteiger partial charge in [-0.15, -0.1) is 5.92 Å². The van der Waals surface area contributed by atoms with Gasteiger partial charge in [-0.3, -0.25) is 9.78 Å². The van der Waals surface area contributed by atoms with Gasteiger partial charge in [0.05, 0.1) is 0 Å². The van der Waals surface area contributed by atoms with E-state index in [1.54, 1.807) is 33.3 Å². The third-order valence-electron chi connectivity index (χ3n) is 2.35. The van der Waals surface area contributed by atoms with Crippen LogP contribution in [0.5, 0.6) is 0 Å². The van der Waals surface area contributed by atoms with Crippen molar-refractivity contribution in [2.24, 2.45) is 0 Å². The van der Waals surface area contributed by atoms with E-state index in [1.807, 2.05) is 13.0 Å². The first kappa shape index (κ1) is 18.1. The molecular weight excluding hydrogens is 252 g/mol. The Morgan fingerprint density at radius 2 is 2.05 bits per heavy atom. The minimum absolute atomic E-state index is 0.0531. The van der Waals surface area contributed by atoms with Crippen molar-refractivity contribution in [3.05, 3.63) is 29.6 Å². The molecule has 4 heteroatoms. The lowest BCUT2D eigenvalue weighted by Gasteiger charge is -2.09. The van der Waals surface area contributed by atoms with Gasteiger partial charge in [0.1, 0.15) is 11.8 Å². The predicted octanol–water partition coefficient (Wildman–Crippen LogP) is 2.13. The molecule has 1 N–H and O–H groups in total. The van der Waals surface area contributed by atoms with Gasteiger partial charge >= 0.3 is 0 Å². The number of hydrogen-bond acceptors (Lipinski definition) is 3. The highest BCUT2D eigenvalue weighted by atomic mass is 16.3. The molecule has 0 saturated heterocycles. The van der Waals surface area contributed by atoms with Crippen molar-refractivity contribution >= 4 is 5.91 Å². The third kappa shape index (κ3) is 7.55. The first-order chi connectivity index (χ1) is 9.42. The number of nitrogens with zero attached hydrogens (tertiary/aromatic N) is 2. The molecule has 1 aromatic rings. The SMILES string of the molecule is CCC#CC(C)O.CCc1ccc(C(=O)N(C)C)nc1. The van der Waals surface area contributed by atoms with Crippen LogP contribution >= 0.6 is 0 Å². The topological polar surface area (TPSA) is 53.4 Å². The molecule has 1 aromatic heterocycles. The maximum absolute atomic E-state index is 11.4. The fourth-order valence-electron chi connectivity index (χ4n) is 1.24. The van der Waals surface area contributed by atoms with E-state index in [-0.39, 0.29) is 5.91 Å². The van der Waals surface area contributed by atoms with Gasteiger partial charge in [0.25, 0.3) is 5.91 Å². The van der Waals surface area contributed by atoms with Crippen molar-refractivity contribution in [2.75, 3.05) is 14.1 Å². The number of amides is 1. The van der Waals surface area contributed by atoms with Crippen LogP contribution in [0, 0.1) is 11.8 Å². The van der Waals surface area contributed by atoms with Crippen molar-refractivity contribution < 1.29 is 9.90 Å². The molecular formula is C16H24N2O2. The van der Waals surface area contributed by atoms with Crippen molar-refractivity contribution in [2.45, 2.75) is 39.7 Å². The summed E-state index contributed by atoms with van der Waals surface area (Å²) < 4.78 is 0. The van der Waals surface area contributed by atoms with E-state index in [0.717, 1.165) is 18.4 Å². The average molecular weight is 276 g/mol. The molecule has 1 heterocycles. The van der Waals surface area contributed by atoms with Gasteiger partial charge in [0, 0.05) is 26.7 Å². The zero-order chi connectivity index (χ0) is 15.5. The van der Waals surface area contributed by atoms with Crippen molar-refractivity contribution in [3.63, 3.8) is 0 Å². The highest BCUT2D eigenvalue weighted by Gasteiger charge is 2.07. The van der Waals surface area contributed by atoms with Gasteiger partial charge in [0.2, 0.25) is 0 Å². The molecule has 0 aliphatic carbocycles. The van der Waals surface area contributed by atoms with Crippen molar-refractivity contribution in [3.8, 4) is 11.8 Å². The van der Waals surface area contributed by atoms with Gasteiger partial charge < -0.3 is 10.0 Å². The van der Waals surface area contributed by atoms with E-state index in [4.69, 9.17) is 5.11 Å². The number of aliphatic hydroxyl groups excluding tert-OH is 1. The molecule has 110 valence electrons. The summed E-state index contributed by atoms with van der Waals surface area (Å²) in [5, 5.41) is 8.51. The first-order valence-corrected chi connectivity index (χ1v) is 6.75. The van der Waals surface area contributed by atoms with E-state index in [0.29, 0.717) is 5.69 Å². The summed E-state index contributed by atoms with van der Waals surface area (Å²) in [7, 11) is 3.44. The first-order valence-electron chi connectivity index (χ1n) is 6.75. The lowest BCUT2D eigenvalue weighted by Crippen LogP contribution is -2.22. The minimum atomic E-state index is -0.458. The molecule has 0 spiro atoms. The van der Waals surface area contributed by atoms with Crippen molar-refractivity contribution in [1.29, 1.82) is 0 Å². The molecule has 0 radical (unpaired) electrons. The lowest BCUT2D eigenvalue weighted by molar-refractivity contribution is 0.0822. The minimum Gasteiger partial charge on any atom is -0.381 e. The van der Waals surface area contributed by atoms with E-state index in [9.17, 15) is 4.79 Å². The monoisotopic (exact) mass is 276 g/mol. The Morgan fingerprint density at radius 3 is 2.35 bits per heavy atom. The highest BCUT2D eigenvalue weighted by molar-refractivity contribution is 5.91. The number of pyridine rings is 1. The van der Waals surface area contributed by atoms with Gasteiger partial charge in [-0.25, -0.2) is 0 Å². The average Bonchev–Trinajstić information content (AvgIpc) is 2.45. The Kier molecular flexibility index (Phi) is 9.06. The summed E-state index contributed by atoms with van der Waals surface area (Å²) in [5.74, 6) is 5.30. The van der Waals surface area contributed by atoms with Crippen molar-refractivity contribution in [1.82, 2.24) is 9.88 Å². The molecule has 1 atom stereocenters. The van der Waals surface area contributed by atoms with Gasteiger partial charge in [-0.1, -0.05) is 25.8 Å². The van der Waals surface area contributed by atoms with E-state index in [1.165, 1.54) is 4.90 Å². The fourth-order valence-corrected chi connectivity index (χ4v) is 1.24. The molecule has 1 unspecified atom stereocenters. The summed E-state index contributed by atoms with van der Waals surface area (Å²) in [4.78, 5) is 17.0. The Bertz CT molecular complexity index is 454. The lowest BCUT2D eigenvalue weighted by atomic mass is 10.2. The fraction of sp³-hybridized carbons (Fsp3) is 0.500. The van der Waals surface area contributed by atoms with Crippen LogP contribution in [-0.2, 0) is 6.42 Å². The second kappa shape index (κ2) is 9.99. The van der Waals surface area contributed by atoms with Crippen LogP contribution in [0.2, 0.25) is 0 Å². The van der Waals surface area contributed by atoms with Gasteiger partial charge in [-0.2, -0.15) is 0 Å².